The van der Waals surface area contributed by atoms with Crippen molar-refractivity contribution in [3.8, 4) is 5.75 Å². The first-order chi connectivity index (χ1) is 9.02. The Bertz CT molecular complexity index is 420. The molecule has 0 saturated heterocycles. The lowest BCUT2D eigenvalue weighted by Crippen LogP contribution is -2.28. The average Bonchev–Trinajstić information content (AvgIpc) is 2.32. The van der Waals surface area contributed by atoms with Crippen LogP contribution in [0.1, 0.15) is 24.5 Å². The number of aliphatic hydroxyl groups excluding tert-OH is 1. The standard InChI is InChI=1S/C14H21NO4/c1-3-19-13-5-4-11(6-10(13)2)8-15-9-12(16)7-14(17)18/h4-6,12,15-16H,3,7-9H2,1-2H3,(H,17,18). The zero-order valence-electron chi connectivity index (χ0n) is 11.3. The average molecular weight is 267 g/mol. The molecule has 1 rings (SSSR count). The van der Waals surface area contributed by atoms with Gasteiger partial charge in [-0.15, -0.1) is 0 Å². The van der Waals surface area contributed by atoms with Gasteiger partial charge in [-0.3, -0.25) is 4.79 Å². The Morgan fingerprint density at radius 1 is 1.47 bits per heavy atom. The van der Waals surface area contributed by atoms with E-state index in [1.807, 2.05) is 32.0 Å². The van der Waals surface area contributed by atoms with Crippen molar-refractivity contribution in [3.63, 3.8) is 0 Å². The molecular formula is C14H21NO4. The molecule has 0 amide bonds. The summed E-state index contributed by atoms with van der Waals surface area (Å²) in [4.78, 5) is 10.4. The Morgan fingerprint density at radius 2 is 2.21 bits per heavy atom. The van der Waals surface area contributed by atoms with E-state index in [4.69, 9.17) is 9.84 Å². The number of aliphatic hydroxyl groups is 1. The summed E-state index contributed by atoms with van der Waals surface area (Å²) >= 11 is 0. The van der Waals surface area contributed by atoms with Crippen molar-refractivity contribution in [3.05, 3.63) is 29.3 Å². The highest BCUT2D eigenvalue weighted by molar-refractivity contribution is 5.67. The van der Waals surface area contributed by atoms with Gasteiger partial charge in [0.15, 0.2) is 0 Å². The quantitative estimate of drug-likeness (QED) is 0.662. The van der Waals surface area contributed by atoms with Crippen molar-refractivity contribution >= 4 is 5.97 Å². The molecule has 0 aliphatic heterocycles. The van der Waals surface area contributed by atoms with Crippen LogP contribution in [0, 0.1) is 6.92 Å². The van der Waals surface area contributed by atoms with E-state index in [9.17, 15) is 9.90 Å². The Hall–Kier alpha value is -1.59. The smallest absolute Gasteiger partial charge is 0.306 e. The minimum Gasteiger partial charge on any atom is -0.494 e. The first kappa shape index (κ1) is 15.5. The summed E-state index contributed by atoms with van der Waals surface area (Å²) in [5, 5.41) is 21.0. The van der Waals surface area contributed by atoms with Crippen molar-refractivity contribution in [1.82, 2.24) is 5.32 Å². The van der Waals surface area contributed by atoms with E-state index in [0.29, 0.717) is 13.2 Å². The zero-order valence-corrected chi connectivity index (χ0v) is 11.3. The molecule has 0 aliphatic rings. The summed E-state index contributed by atoms with van der Waals surface area (Å²) < 4.78 is 5.45. The third-order valence-electron chi connectivity index (χ3n) is 2.66. The van der Waals surface area contributed by atoms with Crippen LogP contribution in [0.25, 0.3) is 0 Å². The maximum absolute atomic E-state index is 10.4. The van der Waals surface area contributed by atoms with Gasteiger partial charge in [0.25, 0.3) is 0 Å². The summed E-state index contributed by atoms with van der Waals surface area (Å²) in [6.07, 6.45) is -1.10. The highest BCUT2D eigenvalue weighted by Crippen LogP contribution is 2.18. The molecule has 0 heterocycles. The zero-order chi connectivity index (χ0) is 14.3. The molecule has 0 aromatic heterocycles. The minimum absolute atomic E-state index is 0.241. The number of aryl methyl sites for hydroxylation is 1. The highest BCUT2D eigenvalue weighted by Gasteiger charge is 2.08. The molecule has 0 bridgehead atoms. The van der Waals surface area contributed by atoms with E-state index in [2.05, 4.69) is 5.32 Å². The number of rotatable bonds is 8. The molecule has 1 unspecified atom stereocenters. The van der Waals surface area contributed by atoms with Gasteiger partial charge in [-0.1, -0.05) is 12.1 Å². The minimum atomic E-state index is -0.994. The maximum Gasteiger partial charge on any atom is 0.306 e. The van der Waals surface area contributed by atoms with Crippen LogP contribution < -0.4 is 10.1 Å². The summed E-state index contributed by atoms with van der Waals surface area (Å²) in [5.41, 5.74) is 2.13. The fourth-order valence-electron chi connectivity index (χ4n) is 1.80. The lowest BCUT2D eigenvalue weighted by Gasteiger charge is -2.11. The van der Waals surface area contributed by atoms with Crippen LogP contribution in [0.3, 0.4) is 0 Å². The molecule has 5 nitrogen and oxygen atoms in total. The molecule has 0 spiro atoms. The molecule has 0 fully saturated rings. The van der Waals surface area contributed by atoms with Crippen molar-refractivity contribution in [2.45, 2.75) is 32.9 Å². The van der Waals surface area contributed by atoms with Gasteiger partial charge < -0.3 is 20.3 Å². The number of carbonyl (C=O) groups is 1. The summed E-state index contributed by atoms with van der Waals surface area (Å²) in [7, 11) is 0. The van der Waals surface area contributed by atoms with Gasteiger partial charge in [0.1, 0.15) is 5.75 Å². The van der Waals surface area contributed by atoms with Crippen molar-refractivity contribution < 1.29 is 19.7 Å². The number of benzene rings is 1. The molecule has 0 radical (unpaired) electrons. The van der Waals surface area contributed by atoms with Crippen molar-refractivity contribution in [2.24, 2.45) is 0 Å². The SMILES string of the molecule is CCOc1ccc(CNCC(O)CC(=O)O)cc1C. The Balaban J connectivity index is 2.41. The third kappa shape index (κ3) is 5.72. The lowest BCUT2D eigenvalue weighted by molar-refractivity contribution is -0.139. The fraction of sp³-hybridized carbons (Fsp3) is 0.500. The van der Waals surface area contributed by atoms with Crippen LogP contribution in [0.5, 0.6) is 5.75 Å². The van der Waals surface area contributed by atoms with Crippen molar-refractivity contribution in [1.29, 1.82) is 0 Å². The van der Waals surface area contributed by atoms with Crippen LogP contribution in [-0.2, 0) is 11.3 Å². The molecule has 1 aromatic rings. The van der Waals surface area contributed by atoms with Gasteiger partial charge in [-0.2, -0.15) is 0 Å². The van der Waals surface area contributed by atoms with Crippen molar-refractivity contribution in [2.75, 3.05) is 13.2 Å². The van der Waals surface area contributed by atoms with Gasteiger partial charge in [0, 0.05) is 13.1 Å². The predicted molar refractivity (Wildman–Crippen MR) is 72.3 cm³/mol. The Labute approximate surface area is 113 Å². The number of hydrogen-bond donors (Lipinski definition) is 3. The van der Waals surface area contributed by atoms with Crippen LogP contribution in [0.2, 0.25) is 0 Å². The van der Waals surface area contributed by atoms with Crippen LogP contribution in [0.15, 0.2) is 18.2 Å². The Kier molecular flexibility index (Phi) is 6.32. The molecule has 1 aromatic carbocycles. The summed E-state index contributed by atoms with van der Waals surface area (Å²) in [6.45, 7) is 5.41. The van der Waals surface area contributed by atoms with Gasteiger partial charge >= 0.3 is 5.97 Å². The molecule has 0 saturated carbocycles. The number of hydrogen-bond acceptors (Lipinski definition) is 4. The highest BCUT2D eigenvalue weighted by atomic mass is 16.5. The maximum atomic E-state index is 10.4. The summed E-state index contributed by atoms with van der Waals surface area (Å²) in [5.74, 6) is -0.122. The third-order valence-corrected chi connectivity index (χ3v) is 2.66. The van der Waals surface area contributed by atoms with Gasteiger partial charge in [0.05, 0.1) is 19.1 Å². The van der Waals surface area contributed by atoms with Crippen LogP contribution >= 0.6 is 0 Å². The molecule has 5 heteroatoms. The van der Waals surface area contributed by atoms with Gasteiger partial charge in [-0.25, -0.2) is 0 Å². The van der Waals surface area contributed by atoms with E-state index in [1.165, 1.54) is 0 Å². The van der Waals surface area contributed by atoms with E-state index in [1.54, 1.807) is 0 Å². The monoisotopic (exact) mass is 267 g/mol. The Morgan fingerprint density at radius 3 is 2.79 bits per heavy atom. The molecule has 19 heavy (non-hydrogen) atoms. The van der Waals surface area contributed by atoms with Crippen LogP contribution in [-0.4, -0.2) is 35.4 Å². The second kappa shape index (κ2) is 7.76. The van der Waals surface area contributed by atoms with E-state index in [0.717, 1.165) is 16.9 Å². The second-order valence-corrected chi connectivity index (χ2v) is 4.42. The summed E-state index contributed by atoms with van der Waals surface area (Å²) in [6, 6.07) is 5.89. The van der Waals surface area contributed by atoms with E-state index < -0.39 is 12.1 Å². The lowest BCUT2D eigenvalue weighted by atomic mass is 10.1. The van der Waals surface area contributed by atoms with E-state index in [-0.39, 0.29) is 13.0 Å². The van der Waals surface area contributed by atoms with E-state index >= 15 is 0 Å². The van der Waals surface area contributed by atoms with Gasteiger partial charge in [0.2, 0.25) is 0 Å². The number of nitrogens with one attached hydrogen (secondary N) is 1. The van der Waals surface area contributed by atoms with Crippen LogP contribution in [0.4, 0.5) is 0 Å². The second-order valence-electron chi connectivity index (χ2n) is 4.42. The molecule has 3 N–H and O–H groups in total. The number of aliphatic carboxylic acids is 1. The molecular weight excluding hydrogens is 246 g/mol. The topological polar surface area (TPSA) is 78.8 Å². The number of carboxylic acid groups (broad SMARTS) is 1. The number of ether oxygens (including phenoxy) is 1. The largest absolute Gasteiger partial charge is 0.494 e. The predicted octanol–water partition coefficient (Wildman–Crippen LogP) is 1.32. The first-order valence-electron chi connectivity index (χ1n) is 6.35. The first-order valence-corrected chi connectivity index (χ1v) is 6.35. The molecule has 0 aliphatic carbocycles. The normalized spacial score (nSPS) is 12.2. The van der Waals surface area contributed by atoms with Gasteiger partial charge in [-0.05, 0) is 31.0 Å². The fourth-order valence-corrected chi connectivity index (χ4v) is 1.80. The molecule has 106 valence electrons. The molecule has 1 atom stereocenters. The number of carboxylic acids is 1.